The Morgan fingerprint density at radius 1 is 1.31 bits per heavy atom. The molecule has 3 heteroatoms. The second-order valence-electron chi connectivity index (χ2n) is 2.62. The van der Waals surface area contributed by atoms with E-state index in [9.17, 15) is 4.79 Å². The van der Waals surface area contributed by atoms with Crippen LogP contribution < -0.4 is 10.6 Å². The Hall–Kier alpha value is -0.730. The van der Waals surface area contributed by atoms with Gasteiger partial charge in [0.05, 0.1) is 0 Å². The highest BCUT2D eigenvalue weighted by molar-refractivity contribution is 5.73. The van der Waals surface area contributed by atoms with Crippen molar-refractivity contribution in [1.29, 1.82) is 0 Å². The molecule has 0 radical (unpaired) electrons. The minimum Gasteiger partial charge on any atom is -0.341 e. The lowest BCUT2D eigenvalue weighted by atomic mass is 10.1. The Labute approximate surface area is 82.3 Å². The normalized spacial score (nSPS) is 10.8. The van der Waals surface area contributed by atoms with Crippen LogP contribution >= 0.6 is 0 Å². The molecular weight excluding hydrogens is 164 g/mol. The van der Waals surface area contributed by atoms with Gasteiger partial charge >= 0.3 is 6.03 Å². The molecule has 0 spiro atoms. The summed E-state index contributed by atoms with van der Waals surface area (Å²) in [5, 5.41) is 5.41. The Kier molecular flexibility index (Phi) is 12.8. The summed E-state index contributed by atoms with van der Waals surface area (Å²) in [7, 11) is 1.63. The van der Waals surface area contributed by atoms with Crippen molar-refractivity contribution in [2.24, 2.45) is 0 Å². The molecule has 0 aromatic carbocycles. The molecule has 1 atom stereocenters. The van der Waals surface area contributed by atoms with Crippen molar-refractivity contribution >= 4 is 6.03 Å². The number of carbonyl (C=O) groups excluding carboxylic acids is 1. The molecule has 0 saturated carbocycles. The van der Waals surface area contributed by atoms with E-state index in [1.54, 1.807) is 7.05 Å². The van der Waals surface area contributed by atoms with Crippen LogP contribution in [0.4, 0.5) is 4.79 Å². The second-order valence-corrected chi connectivity index (χ2v) is 2.62. The van der Waals surface area contributed by atoms with E-state index in [1.165, 1.54) is 0 Å². The van der Waals surface area contributed by atoms with E-state index in [0.29, 0.717) is 6.04 Å². The van der Waals surface area contributed by atoms with Crippen molar-refractivity contribution in [2.45, 2.75) is 53.0 Å². The molecule has 0 saturated heterocycles. The number of rotatable bonds is 4. The van der Waals surface area contributed by atoms with Crippen LogP contribution in [0.1, 0.15) is 47.0 Å². The van der Waals surface area contributed by atoms with Crippen molar-refractivity contribution < 1.29 is 4.79 Å². The van der Waals surface area contributed by atoms with Gasteiger partial charge < -0.3 is 10.6 Å². The molecule has 0 aliphatic rings. The van der Waals surface area contributed by atoms with Gasteiger partial charge in [-0.2, -0.15) is 0 Å². The summed E-state index contributed by atoms with van der Waals surface area (Å²) >= 11 is 0. The maximum atomic E-state index is 10.8. The molecule has 0 aliphatic carbocycles. The quantitative estimate of drug-likeness (QED) is 0.699. The summed E-state index contributed by atoms with van der Waals surface area (Å²) in [6, 6.07) is 0.255. The Morgan fingerprint density at radius 2 is 1.85 bits per heavy atom. The van der Waals surface area contributed by atoms with Gasteiger partial charge in [-0.05, 0) is 12.8 Å². The fourth-order valence-corrected chi connectivity index (χ4v) is 0.984. The minimum atomic E-state index is -0.0784. The van der Waals surface area contributed by atoms with Gasteiger partial charge in [-0.25, -0.2) is 4.79 Å². The van der Waals surface area contributed by atoms with Gasteiger partial charge in [-0.15, -0.1) is 0 Å². The van der Waals surface area contributed by atoms with Gasteiger partial charge in [0.15, 0.2) is 0 Å². The molecular formula is C10H24N2O. The lowest BCUT2D eigenvalue weighted by molar-refractivity contribution is 0.237. The number of hydrogen-bond acceptors (Lipinski definition) is 1. The van der Waals surface area contributed by atoms with Crippen LogP contribution in [0, 0.1) is 0 Å². The Bertz CT molecular complexity index is 115. The highest BCUT2D eigenvalue weighted by atomic mass is 16.2. The molecule has 2 N–H and O–H groups in total. The fourth-order valence-electron chi connectivity index (χ4n) is 0.984. The van der Waals surface area contributed by atoms with Crippen molar-refractivity contribution in [1.82, 2.24) is 10.6 Å². The van der Waals surface area contributed by atoms with E-state index in [4.69, 9.17) is 0 Å². The molecule has 80 valence electrons. The number of amides is 2. The van der Waals surface area contributed by atoms with E-state index in [0.717, 1.165) is 19.3 Å². The predicted molar refractivity (Wildman–Crippen MR) is 57.9 cm³/mol. The SMILES string of the molecule is CC.CCCC(CC)NC(=O)NC. The molecule has 0 aromatic rings. The third-order valence-electron chi connectivity index (χ3n) is 1.69. The number of carbonyl (C=O) groups is 1. The van der Waals surface area contributed by atoms with Crippen LogP contribution in [0.15, 0.2) is 0 Å². The minimum absolute atomic E-state index is 0.0784. The van der Waals surface area contributed by atoms with E-state index in [2.05, 4.69) is 24.5 Å². The molecule has 0 bridgehead atoms. The van der Waals surface area contributed by atoms with Crippen LogP contribution in [-0.2, 0) is 0 Å². The molecule has 0 rings (SSSR count). The summed E-state index contributed by atoms with van der Waals surface area (Å²) in [6.07, 6.45) is 3.17. The summed E-state index contributed by atoms with van der Waals surface area (Å²) in [5.74, 6) is 0. The highest BCUT2D eigenvalue weighted by Gasteiger charge is 2.06. The highest BCUT2D eigenvalue weighted by Crippen LogP contribution is 1.99. The summed E-state index contributed by atoms with van der Waals surface area (Å²) in [6.45, 7) is 8.20. The Balaban J connectivity index is 0. The molecule has 0 fully saturated rings. The Morgan fingerprint density at radius 3 is 2.15 bits per heavy atom. The molecule has 0 heterocycles. The van der Waals surface area contributed by atoms with Crippen molar-refractivity contribution in [3.05, 3.63) is 0 Å². The summed E-state index contributed by atoms with van der Waals surface area (Å²) in [4.78, 5) is 10.8. The molecule has 0 aromatic heterocycles. The summed E-state index contributed by atoms with van der Waals surface area (Å²) < 4.78 is 0. The first-order chi connectivity index (χ1) is 6.24. The largest absolute Gasteiger partial charge is 0.341 e. The van der Waals surface area contributed by atoms with Crippen LogP contribution in [0.25, 0.3) is 0 Å². The maximum absolute atomic E-state index is 10.8. The standard InChI is InChI=1S/C8H18N2O.C2H6/c1-4-6-7(5-2)10-8(11)9-3;1-2/h7H,4-6H2,1-3H3,(H2,9,10,11);1-2H3. The number of nitrogens with one attached hydrogen (secondary N) is 2. The van der Waals surface area contributed by atoms with E-state index in [1.807, 2.05) is 13.8 Å². The van der Waals surface area contributed by atoms with E-state index < -0.39 is 0 Å². The zero-order valence-corrected chi connectivity index (χ0v) is 9.61. The third kappa shape index (κ3) is 9.18. The number of urea groups is 1. The van der Waals surface area contributed by atoms with E-state index in [-0.39, 0.29) is 6.03 Å². The van der Waals surface area contributed by atoms with Crippen LogP contribution in [-0.4, -0.2) is 19.1 Å². The smallest absolute Gasteiger partial charge is 0.314 e. The zero-order chi connectivity index (χ0) is 10.7. The first kappa shape index (κ1) is 14.8. The average molecular weight is 188 g/mol. The first-order valence-corrected chi connectivity index (χ1v) is 5.22. The van der Waals surface area contributed by atoms with Crippen molar-refractivity contribution in [3.63, 3.8) is 0 Å². The molecule has 3 nitrogen and oxygen atoms in total. The topological polar surface area (TPSA) is 41.1 Å². The van der Waals surface area contributed by atoms with Gasteiger partial charge in [0.25, 0.3) is 0 Å². The average Bonchev–Trinajstić information content (AvgIpc) is 2.20. The summed E-state index contributed by atoms with van der Waals surface area (Å²) in [5.41, 5.74) is 0. The van der Waals surface area contributed by atoms with Gasteiger partial charge in [0.1, 0.15) is 0 Å². The molecule has 1 unspecified atom stereocenters. The van der Waals surface area contributed by atoms with Crippen LogP contribution in [0.2, 0.25) is 0 Å². The first-order valence-electron chi connectivity index (χ1n) is 5.22. The van der Waals surface area contributed by atoms with Gasteiger partial charge in [-0.1, -0.05) is 34.1 Å². The second kappa shape index (κ2) is 11.3. The van der Waals surface area contributed by atoms with Gasteiger partial charge in [-0.3, -0.25) is 0 Å². The number of hydrogen-bond donors (Lipinski definition) is 2. The molecule has 13 heavy (non-hydrogen) atoms. The van der Waals surface area contributed by atoms with Crippen molar-refractivity contribution in [2.75, 3.05) is 7.05 Å². The monoisotopic (exact) mass is 188 g/mol. The fraction of sp³-hybridized carbons (Fsp3) is 0.900. The predicted octanol–water partition coefficient (Wildman–Crippen LogP) is 2.52. The van der Waals surface area contributed by atoms with Crippen LogP contribution in [0.3, 0.4) is 0 Å². The lowest BCUT2D eigenvalue weighted by Crippen LogP contribution is -2.40. The van der Waals surface area contributed by atoms with Crippen LogP contribution in [0.5, 0.6) is 0 Å². The van der Waals surface area contributed by atoms with Gasteiger partial charge in [0, 0.05) is 13.1 Å². The van der Waals surface area contributed by atoms with Crippen molar-refractivity contribution in [3.8, 4) is 0 Å². The maximum Gasteiger partial charge on any atom is 0.314 e. The lowest BCUT2D eigenvalue weighted by Gasteiger charge is -2.14. The molecule has 0 aliphatic heterocycles. The van der Waals surface area contributed by atoms with E-state index >= 15 is 0 Å². The van der Waals surface area contributed by atoms with Gasteiger partial charge in [0.2, 0.25) is 0 Å². The molecule has 2 amide bonds. The third-order valence-corrected chi connectivity index (χ3v) is 1.69. The zero-order valence-electron chi connectivity index (χ0n) is 9.61.